The van der Waals surface area contributed by atoms with E-state index in [4.69, 9.17) is 26.7 Å². The summed E-state index contributed by atoms with van der Waals surface area (Å²) in [6.07, 6.45) is -1.21. The van der Waals surface area contributed by atoms with Gasteiger partial charge >= 0.3 is 5.97 Å². The van der Waals surface area contributed by atoms with Crippen LogP contribution in [-0.4, -0.2) is 26.4 Å². The maximum Gasteiger partial charge on any atom is 0.338 e. The van der Waals surface area contributed by atoms with E-state index < -0.39 is 32.9 Å². The normalized spacial score (nSPS) is 11.9. The number of carbonyl (C=O) groups is 2. The summed E-state index contributed by atoms with van der Waals surface area (Å²) in [4.78, 5) is 24.0. The number of nitrogens with zero attached hydrogens (tertiary/aromatic N) is 1. The lowest BCUT2D eigenvalue weighted by atomic mass is 10.2. The second-order valence-electron chi connectivity index (χ2n) is 5.38. The third kappa shape index (κ3) is 5.04. The van der Waals surface area contributed by atoms with Gasteiger partial charge in [0.05, 0.1) is 21.8 Å². The Hall–Kier alpha value is -2.93. The number of nitriles is 1. The van der Waals surface area contributed by atoms with Gasteiger partial charge in [0.25, 0.3) is 5.91 Å². The van der Waals surface area contributed by atoms with Crippen molar-refractivity contribution in [3.63, 3.8) is 0 Å². The summed E-state index contributed by atoms with van der Waals surface area (Å²) in [5.41, 5.74) is 0.385. The Morgan fingerprint density at radius 3 is 2.56 bits per heavy atom. The Balaban J connectivity index is 2.14. The second kappa shape index (κ2) is 8.18. The van der Waals surface area contributed by atoms with E-state index in [0.29, 0.717) is 0 Å². The van der Waals surface area contributed by atoms with Gasteiger partial charge in [-0.05, 0) is 37.3 Å². The number of amides is 1. The maximum atomic E-state index is 12.2. The fourth-order valence-corrected chi connectivity index (χ4v) is 3.13. The maximum absolute atomic E-state index is 12.2. The Kier molecular flexibility index (Phi) is 6.17. The van der Waals surface area contributed by atoms with Crippen LogP contribution in [0.4, 0.5) is 5.69 Å². The zero-order chi connectivity index (χ0) is 20.2. The highest BCUT2D eigenvalue weighted by atomic mass is 35.5. The number of halogens is 1. The number of hydrogen-bond acceptors (Lipinski definition) is 6. The quantitative estimate of drug-likeness (QED) is 0.727. The number of anilines is 1. The van der Waals surface area contributed by atoms with Gasteiger partial charge in [-0.1, -0.05) is 23.7 Å². The van der Waals surface area contributed by atoms with E-state index in [1.165, 1.54) is 31.2 Å². The van der Waals surface area contributed by atoms with Crippen molar-refractivity contribution in [2.75, 3.05) is 5.32 Å². The number of carbonyl (C=O) groups excluding carboxylic acids is 2. The van der Waals surface area contributed by atoms with Crippen molar-refractivity contribution in [2.45, 2.75) is 17.9 Å². The third-order valence-electron chi connectivity index (χ3n) is 3.43. The molecular weight excluding hydrogens is 394 g/mol. The van der Waals surface area contributed by atoms with E-state index >= 15 is 0 Å². The van der Waals surface area contributed by atoms with Crippen molar-refractivity contribution in [2.24, 2.45) is 5.14 Å². The molecule has 1 amide bonds. The molecule has 0 spiro atoms. The largest absolute Gasteiger partial charge is 0.449 e. The van der Waals surface area contributed by atoms with E-state index in [0.717, 1.165) is 6.07 Å². The number of ether oxygens (including phenoxy) is 1. The number of nitrogens with one attached hydrogen (secondary N) is 1. The molecule has 8 nitrogen and oxygen atoms in total. The molecule has 1 atom stereocenters. The lowest BCUT2D eigenvalue weighted by Gasteiger charge is -2.14. The highest BCUT2D eigenvalue weighted by Gasteiger charge is 2.22. The van der Waals surface area contributed by atoms with Crippen LogP contribution in [0.25, 0.3) is 0 Å². The first-order valence-electron chi connectivity index (χ1n) is 7.47. The number of nitrogens with two attached hydrogens (primary N) is 1. The summed E-state index contributed by atoms with van der Waals surface area (Å²) >= 11 is 5.76. The number of primary sulfonamides is 1. The Morgan fingerprint density at radius 1 is 1.26 bits per heavy atom. The Labute approximate surface area is 160 Å². The molecule has 2 aromatic carbocycles. The van der Waals surface area contributed by atoms with Crippen molar-refractivity contribution in [1.29, 1.82) is 5.26 Å². The molecule has 0 aliphatic rings. The Morgan fingerprint density at radius 2 is 1.93 bits per heavy atom. The molecule has 2 aromatic rings. The van der Waals surface area contributed by atoms with Gasteiger partial charge in [-0.25, -0.2) is 18.4 Å². The predicted molar refractivity (Wildman–Crippen MR) is 97.5 cm³/mol. The van der Waals surface area contributed by atoms with Crippen LogP contribution >= 0.6 is 11.6 Å². The smallest absolute Gasteiger partial charge is 0.338 e. The van der Waals surface area contributed by atoms with Crippen LogP contribution in [0.1, 0.15) is 22.8 Å². The molecule has 10 heteroatoms. The molecule has 140 valence electrons. The van der Waals surface area contributed by atoms with Gasteiger partial charge in [-0.2, -0.15) is 5.26 Å². The summed E-state index contributed by atoms with van der Waals surface area (Å²) in [6, 6.07) is 11.7. The lowest BCUT2D eigenvalue weighted by molar-refractivity contribution is -0.123. The van der Waals surface area contributed by atoms with Crippen LogP contribution in [0.2, 0.25) is 5.02 Å². The molecule has 0 radical (unpaired) electrons. The summed E-state index contributed by atoms with van der Waals surface area (Å²) in [5, 5.41) is 16.4. The molecule has 0 fully saturated rings. The average molecular weight is 408 g/mol. The molecule has 0 bridgehead atoms. The first-order chi connectivity index (χ1) is 12.6. The van der Waals surface area contributed by atoms with Crippen molar-refractivity contribution in [1.82, 2.24) is 0 Å². The van der Waals surface area contributed by atoms with Gasteiger partial charge in [-0.3, -0.25) is 4.79 Å². The van der Waals surface area contributed by atoms with E-state index in [2.05, 4.69) is 5.32 Å². The van der Waals surface area contributed by atoms with Crippen molar-refractivity contribution in [3.05, 3.63) is 58.6 Å². The highest BCUT2D eigenvalue weighted by Crippen LogP contribution is 2.22. The molecule has 0 saturated heterocycles. The molecule has 27 heavy (non-hydrogen) atoms. The summed E-state index contributed by atoms with van der Waals surface area (Å²) in [5.74, 6) is -1.60. The molecule has 0 aliphatic carbocycles. The van der Waals surface area contributed by atoms with E-state index in [1.54, 1.807) is 12.1 Å². The number of rotatable bonds is 5. The minimum absolute atomic E-state index is 0.138. The fraction of sp³-hybridized carbons (Fsp3) is 0.118. The zero-order valence-corrected chi connectivity index (χ0v) is 15.5. The van der Waals surface area contributed by atoms with Crippen LogP contribution in [-0.2, 0) is 19.6 Å². The van der Waals surface area contributed by atoms with E-state index in [9.17, 15) is 18.0 Å². The number of hydrogen-bond donors (Lipinski definition) is 2. The number of sulfonamides is 1. The summed E-state index contributed by atoms with van der Waals surface area (Å²) in [6.45, 7) is 1.33. The molecule has 0 unspecified atom stereocenters. The van der Waals surface area contributed by atoms with Gasteiger partial charge in [0.15, 0.2) is 6.10 Å². The van der Waals surface area contributed by atoms with Crippen LogP contribution < -0.4 is 10.5 Å². The number of benzene rings is 2. The predicted octanol–water partition coefficient (Wildman–Crippen LogP) is 2.04. The summed E-state index contributed by atoms with van der Waals surface area (Å²) in [7, 11) is -4.13. The van der Waals surface area contributed by atoms with Crippen molar-refractivity contribution < 1.29 is 22.7 Å². The van der Waals surface area contributed by atoms with Crippen LogP contribution in [0, 0.1) is 11.3 Å². The van der Waals surface area contributed by atoms with Crippen LogP contribution in [0.15, 0.2) is 47.4 Å². The van der Waals surface area contributed by atoms with Crippen molar-refractivity contribution in [3.8, 4) is 6.07 Å². The van der Waals surface area contributed by atoms with Crippen LogP contribution in [0.3, 0.4) is 0 Å². The van der Waals surface area contributed by atoms with Gasteiger partial charge < -0.3 is 10.1 Å². The first kappa shape index (κ1) is 20.4. The molecule has 3 N–H and O–H groups in total. The van der Waals surface area contributed by atoms with E-state index in [1.807, 2.05) is 6.07 Å². The number of para-hydroxylation sites is 1. The molecule has 0 heterocycles. The third-order valence-corrected chi connectivity index (χ3v) is 4.82. The monoisotopic (exact) mass is 407 g/mol. The minimum atomic E-state index is -4.13. The average Bonchev–Trinajstić information content (AvgIpc) is 2.61. The molecule has 0 aliphatic heterocycles. The molecular formula is C17H14ClN3O5S. The Bertz CT molecular complexity index is 1050. The van der Waals surface area contributed by atoms with Crippen LogP contribution in [0.5, 0.6) is 0 Å². The standard InChI is InChI=1S/C17H14ClN3O5S/c1-10(16(22)21-14-5-3-2-4-12(14)9-19)26-17(23)11-6-7-13(18)15(8-11)27(20,24)25/h2-8,10H,1H3,(H,21,22)(H2,20,24,25)/t10-/m0/s1. The van der Waals surface area contributed by atoms with Gasteiger partial charge in [0.1, 0.15) is 11.0 Å². The minimum Gasteiger partial charge on any atom is -0.449 e. The molecule has 0 saturated carbocycles. The number of esters is 1. The molecule has 0 aromatic heterocycles. The van der Waals surface area contributed by atoms with Gasteiger partial charge in [0.2, 0.25) is 10.0 Å². The van der Waals surface area contributed by atoms with Gasteiger partial charge in [-0.15, -0.1) is 0 Å². The van der Waals surface area contributed by atoms with E-state index in [-0.39, 0.29) is 21.8 Å². The topological polar surface area (TPSA) is 139 Å². The highest BCUT2D eigenvalue weighted by molar-refractivity contribution is 7.89. The lowest BCUT2D eigenvalue weighted by Crippen LogP contribution is -2.30. The SMILES string of the molecule is C[C@H](OC(=O)c1ccc(Cl)c(S(N)(=O)=O)c1)C(=O)Nc1ccccc1C#N. The molecule has 2 rings (SSSR count). The fourth-order valence-electron chi connectivity index (χ4n) is 2.05. The van der Waals surface area contributed by atoms with Crippen molar-refractivity contribution >= 4 is 39.2 Å². The second-order valence-corrected chi connectivity index (χ2v) is 7.32. The van der Waals surface area contributed by atoms with Gasteiger partial charge in [0, 0.05) is 0 Å². The first-order valence-corrected chi connectivity index (χ1v) is 9.39. The zero-order valence-electron chi connectivity index (χ0n) is 14.0. The summed E-state index contributed by atoms with van der Waals surface area (Å²) < 4.78 is 28.0.